The van der Waals surface area contributed by atoms with Crippen LogP contribution in [0.4, 0.5) is 0 Å². The molecule has 0 radical (unpaired) electrons. The summed E-state index contributed by atoms with van der Waals surface area (Å²) >= 11 is 0. The average Bonchev–Trinajstić information content (AvgIpc) is 2.49. The van der Waals surface area contributed by atoms with Gasteiger partial charge in [0.15, 0.2) is 0 Å². The van der Waals surface area contributed by atoms with Crippen LogP contribution in [0.25, 0.3) is 0 Å². The second-order valence-electron chi connectivity index (χ2n) is 7.14. The van der Waals surface area contributed by atoms with Gasteiger partial charge < -0.3 is 5.32 Å². The molecule has 1 N–H and O–H groups in total. The number of carbonyl (C=O) groups excluding carboxylic acids is 1. The molecule has 2 nitrogen and oxygen atoms in total. The highest BCUT2D eigenvalue weighted by molar-refractivity contribution is 5.77. The Bertz CT molecular complexity index is 297. The second kappa shape index (κ2) is 5.24. The van der Waals surface area contributed by atoms with E-state index in [1.165, 1.54) is 0 Å². The SMILES string of the molecule is CC(C)(C)CC(C)(C)NC(=O)CC1C=CCC1. The molecule has 1 aliphatic rings. The van der Waals surface area contributed by atoms with Crippen LogP contribution in [-0.4, -0.2) is 11.4 Å². The van der Waals surface area contributed by atoms with E-state index in [1.807, 2.05) is 0 Å². The molecular weight excluding hydrogens is 210 g/mol. The quantitative estimate of drug-likeness (QED) is 0.743. The van der Waals surface area contributed by atoms with Crippen molar-refractivity contribution in [1.82, 2.24) is 5.32 Å². The third kappa shape index (κ3) is 5.90. The third-order valence-corrected chi connectivity index (χ3v) is 3.01. The van der Waals surface area contributed by atoms with Crippen molar-refractivity contribution in [3.8, 4) is 0 Å². The fraction of sp³-hybridized carbons (Fsp3) is 0.800. The number of hydrogen-bond donors (Lipinski definition) is 1. The molecule has 0 bridgehead atoms. The second-order valence-corrected chi connectivity index (χ2v) is 7.14. The number of hydrogen-bond acceptors (Lipinski definition) is 1. The van der Waals surface area contributed by atoms with Crippen molar-refractivity contribution in [2.45, 2.75) is 65.8 Å². The maximum Gasteiger partial charge on any atom is 0.220 e. The Labute approximate surface area is 106 Å². The predicted octanol–water partition coefficient (Wildman–Crippen LogP) is 3.67. The molecule has 1 unspecified atom stereocenters. The minimum Gasteiger partial charge on any atom is -0.351 e. The molecule has 0 aliphatic heterocycles. The molecule has 0 spiro atoms. The molecule has 2 heteroatoms. The van der Waals surface area contributed by atoms with Gasteiger partial charge in [0, 0.05) is 12.0 Å². The molecule has 0 aromatic heterocycles. The van der Waals surface area contributed by atoms with Crippen LogP contribution in [0.15, 0.2) is 12.2 Å². The van der Waals surface area contributed by atoms with Crippen LogP contribution in [0.5, 0.6) is 0 Å². The molecule has 0 fully saturated rings. The van der Waals surface area contributed by atoms with Gasteiger partial charge in [0.25, 0.3) is 0 Å². The Hall–Kier alpha value is -0.790. The maximum absolute atomic E-state index is 12.0. The molecule has 0 saturated carbocycles. The molecule has 1 amide bonds. The topological polar surface area (TPSA) is 29.1 Å². The van der Waals surface area contributed by atoms with Crippen molar-refractivity contribution in [3.63, 3.8) is 0 Å². The van der Waals surface area contributed by atoms with Crippen molar-refractivity contribution >= 4 is 5.91 Å². The predicted molar refractivity (Wildman–Crippen MR) is 72.8 cm³/mol. The van der Waals surface area contributed by atoms with Crippen LogP contribution >= 0.6 is 0 Å². The summed E-state index contributed by atoms with van der Waals surface area (Å²) in [6.07, 6.45) is 8.25. The summed E-state index contributed by atoms with van der Waals surface area (Å²) in [6.45, 7) is 10.9. The van der Waals surface area contributed by atoms with Gasteiger partial charge in [-0.1, -0.05) is 32.9 Å². The van der Waals surface area contributed by atoms with Crippen LogP contribution < -0.4 is 5.32 Å². The normalized spacial score (nSPS) is 20.6. The van der Waals surface area contributed by atoms with E-state index < -0.39 is 0 Å². The highest BCUT2D eigenvalue weighted by Gasteiger charge is 2.27. The fourth-order valence-corrected chi connectivity index (χ4v) is 2.90. The molecule has 0 saturated heterocycles. The first-order valence-electron chi connectivity index (χ1n) is 6.66. The summed E-state index contributed by atoms with van der Waals surface area (Å²) in [5.41, 5.74) is 0.127. The minimum atomic E-state index is -0.113. The summed E-state index contributed by atoms with van der Waals surface area (Å²) in [5, 5.41) is 3.17. The van der Waals surface area contributed by atoms with Gasteiger partial charge in [-0.05, 0) is 44.4 Å². The molecular formula is C15H27NO. The Balaban J connectivity index is 2.41. The van der Waals surface area contributed by atoms with E-state index in [-0.39, 0.29) is 16.9 Å². The van der Waals surface area contributed by atoms with Gasteiger partial charge in [0.2, 0.25) is 5.91 Å². The summed E-state index contributed by atoms with van der Waals surface area (Å²) in [7, 11) is 0. The van der Waals surface area contributed by atoms with E-state index in [1.54, 1.807) is 0 Å². The van der Waals surface area contributed by atoms with Gasteiger partial charge in [-0.25, -0.2) is 0 Å². The number of amides is 1. The number of nitrogens with one attached hydrogen (secondary N) is 1. The zero-order valence-corrected chi connectivity index (χ0v) is 12.0. The standard InChI is InChI=1S/C15H27NO/c1-14(2,3)11-15(4,5)16-13(17)10-12-8-6-7-9-12/h6,8,12H,7,9-11H2,1-5H3,(H,16,17). The smallest absolute Gasteiger partial charge is 0.220 e. The highest BCUT2D eigenvalue weighted by atomic mass is 16.1. The van der Waals surface area contributed by atoms with Gasteiger partial charge in [-0.3, -0.25) is 4.79 Å². The minimum absolute atomic E-state index is 0.113. The molecule has 0 aromatic rings. The van der Waals surface area contributed by atoms with Crippen molar-refractivity contribution in [1.29, 1.82) is 0 Å². The molecule has 1 atom stereocenters. The van der Waals surface area contributed by atoms with Crippen LogP contribution in [-0.2, 0) is 4.79 Å². The largest absolute Gasteiger partial charge is 0.351 e. The molecule has 1 aliphatic carbocycles. The van der Waals surface area contributed by atoms with E-state index in [0.29, 0.717) is 12.3 Å². The lowest BCUT2D eigenvalue weighted by molar-refractivity contribution is -0.123. The summed E-state index contributed by atoms with van der Waals surface area (Å²) in [4.78, 5) is 12.0. The Kier molecular flexibility index (Phi) is 4.40. The van der Waals surface area contributed by atoms with Crippen molar-refractivity contribution in [3.05, 3.63) is 12.2 Å². The molecule has 17 heavy (non-hydrogen) atoms. The zero-order chi connectivity index (χ0) is 13.1. The van der Waals surface area contributed by atoms with Crippen LogP contribution in [0.2, 0.25) is 0 Å². The Morgan fingerprint density at radius 2 is 1.94 bits per heavy atom. The monoisotopic (exact) mass is 237 g/mol. The fourth-order valence-electron chi connectivity index (χ4n) is 2.90. The maximum atomic E-state index is 12.0. The van der Waals surface area contributed by atoms with E-state index >= 15 is 0 Å². The Morgan fingerprint density at radius 1 is 1.29 bits per heavy atom. The summed E-state index contributed by atoms with van der Waals surface area (Å²) < 4.78 is 0. The molecule has 0 heterocycles. The van der Waals surface area contributed by atoms with Gasteiger partial charge in [0.1, 0.15) is 0 Å². The molecule has 98 valence electrons. The highest BCUT2D eigenvalue weighted by Crippen LogP contribution is 2.27. The van der Waals surface area contributed by atoms with E-state index in [9.17, 15) is 4.79 Å². The zero-order valence-electron chi connectivity index (χ0n) is 12.0. The first-order valence-corrected chi connectivity index (χ1v) is 6.66. The van der Waals surface area contributed by atoms with Crippen LogP contribution in [0.1, 0.15) is 60.3 Å². The van der Waals surface area contributed by atoms with Crippen molar-refractivity contribution in [2.75, 3.05) is 0 Å². The third-order valence-electron chi connectivity index (χ3n) is 3.01. The lowest BCUT2D eigenvalue weighted by Crippen LogP contribution is -2.46. The van der Waals surface area contributed by atoms with Crippen molar-refractivity contribution in [2.24, 2.45) is 11.3 Å². The van der Waals surface area contributed by atoms with Crippen LogP contribution in [0, 0.1) is 11.3 Å². The molecule has 1 rings (SSSR count). The van der Waals surface area contributed by atoms with Gasteiger partial charge in [0.05, 0.1) is 0 Å². The number of carbonyl (C=O) groups is 1. The lowest BCUT2D eigenvalue weighted by Gasteiger charge is -2.33. The average molecular weight is 237 g/mol. The van der Waals surface area contributed by atoms with Gasteiger partial charge in [-0.15, -0.1) is 0 Å². The van der Waals surface area contributed by atoms with Crippen LogP contribution in [0.3, 0.4) is 0 Å². The molecule has 0 aromatic carbocycles. The first kappa shape index (κ1) is 14.3. The van der Waals surface area contributed by atoms with E-state index in [4.69, 9.17) is 0 Å². The van der Waals surface area contributed by atoms with E-state index in [2.05, 4.69) is 52.1 Å². The lowest BCUT2D eigenvalue weighted by atomic mass is 9.81. The number of allylic oxidation sites excluding steroid dienone is 2. The summed E-state index contributed by atoms with van der Waals surface area (Å²) in [5.74, 6) is 0.649. The van der Waals surface area contributed by atoms with Gasteiger partial charge in [-0.2, -0.15) is 0 Å². The Morgan fingerprint density at radius 3 is 2.41 bits per heavy atom. The van der Waals surface area contributed by atoms with Gasteiger partial charge >= 0.3 is 0 Å². The first-order chi connectivity index (χ1) is 7.68. The summed E-state index contributed by atoms with van der Waals surface area (Å²) in [6, 6.07) is 0. The number of rotatable bonds is 4. The van der Waals surface area contributed by atoms with Crippen molar-refractivity contribution < 1.29 is 4.79 Å². The van der Waals surface area contributed by atoms with E-state index in [0.717, 1.165) is 19.3 Å².